The molecule has 0 spiro atoms. The molecule has 1 aliphatic rings. The van der Waals surface area contributed by atoms with Crippen molar-refractivity contribution in [1.29, 1.82) is 0 Å². The first kappa shape index (κ1) is 24.1. The number of halogens is 2. The third-order valence-corrected chi connectivity index (χ3v) is 6.83. The number of nitrogens with zero attached hydrogens (tertiary/aromatic N) is 2. The van der Waals surface area contributed by atoms with Gasteiger partial charge in [-0.15, -0.1) is 11.3 Å². The average Bonchev–Trinajstić information content (AvgIpc) is 3.06. The topological polar surface area (TPSA) is 105 Å². The number of nitrogens with one attached hydrogen (secondary N) is 1. The van der Waals surface area contributed by atoms with Crippen molar-refractivity contribution in [3.05, 3.63) is 50.6 Å². The van der Waals surface area contributed by atoms with Gasteiger partial charge in [0, 0.05) is 37.7 Å². The quantitative estimate of drug-likeness (QED) is 0.587. The van der Waals surface area contributed by atoms with Crippen molar-refractivity contribution < 1.29 is 23.5 Å². The van der Waals surface area contributed by atoms with E-state index in [2.05, 4.69) is 10.2 Å². The maximum absolute atomic E-state index is 13.2. The van der Waals surface area contributed by atoms with Crippen molar-refractivity contribution in [3.8, 4) is 0 Å². The molecule has 0 radical (unpaired) electrons. The number of anilines is 1. The van der Waals surface area contributed by atoms with Crippen LogP contribution in [0.3, 0.4) is 0 Å². The molecule has 1 saturated heterocycles. The molecule has 32 heavy (non-hydrogen) atoms. The Balaban J connectivity index is 1.57. The molecule has 11 heteroatoms. The zero-order chi connectivity index (χ0) is 23.4. The van der Waals surface area contributed by atoms with E-state index in [1.807, 2.05) is 4.90 Å². The maximum Gasteiger partial charge on any atom is 0.341 e. The van der Waals surface area contributed by atoms with Crippen molar-refractivity contribution in [3.63, 3.8) is 0 Å². The standard InChI is InChI=1S/C21H24ClFN4O4S/c1-12-17(21(30)31-2)20(32-18(12)19(24)29)25-16(28)11-27-7-5-26(6-8-27)10-13-3-4-14(23)9-15(13)22/h3-4,9H,5-8,10-11H2,1-2H3,(H2,24,29)(H,25,28). The first-order valence-electron chi connectivity index (χ1n) is 9.89. The van der Waals surface area contributed by atoms with Gasteiger partial charge < -0.3 is 15.8 Å². The van der Waals surface area contributed by atoms with Crippen LogP contribution in [0.4, 0.5) is 9.39 Å². The Morgan fingerprint density at radius 3 is 2.47 bits per heavy atom. The van der Waals surface area contributed by atoms with Gasteiger partial charge >= 0.3 is 5.97 Å². The van der Waals surface area contributed by atoms with E-state index in [-0.39, 0.29) is 33.7 Å². The second-order valence-electron chi connectivity index (χ2n) is 7.45. The smallest absolute Gasteiger partial charge is 0.341 e. The summed E-state index contributed by atoms with van der Waals surface area (Å²) in [6.45, 7) is 5.08. The second kappa shape index (κ2) is 10.4. The van der Waals surface area contributed by atoms with E-state index in [1.165, 1.54) is 19.2 Å². The van der Waals surface area contributed by atoms with E-state index in [0.717, 1.165) is 30.0 Å². The van der Waals surface area contributed by atoms with Crippen LogP contribution in [0.5, 0.6) is 0 Å². The van der Waals surface area contributed by atoms with Crippen molar-refractivity contribution >= 4 is 45.7 Å². The lowest BCUT2D eigenvalue weighted by Crippen LogP contribution is -2.48. The summed E-state index contributed by atoms with van der Waals surface area (Å²) in [4.78, 5) is 40.7. The van der Waals surface area contributed by atoms with Crippen LogP contribution in [0.25, 0.3) is 0 Å². The highest BCUT2D eigenvalue weighted by Gasteiger charge is 2.26. The lowest BCUT2D eigenvalue weighted by molar-refractivity contribution is -0.117. The van der Waals surface area contributed by atoms with E-state index >= 15 is 0 Å². The number of carbonyl (C=O) groups is 3. The minimum atomic E-state index is -0.671. The number of nitrogens with two attached hydrogens (primary N) is 1. The number of amides is 2. The second-order valence-corrected chi connectivity index (χ2v) is 8.88. The van der Waals surface area contributed by atoms with Gasteiger partial charge in [0.1, 0.15) is 10.8 Å². The predicted octanol–water partition coefficient (Wildman–Crippen LogP) is 2.49. The van der Waals surface area contributed by atoms with Crippen LogP contribution in [0, 0.1) is 12.7 Å². The van der Waals surface area contributed by atoms with Gasteiger partial charge in [0.05, 0.1) is 24.1 Å². The molecule has 172 valence electrons. The van der Waals surface area contributed by atoms with E-state index in [4.69, 9.17) is 22.1 Å². The molecule has 0 aliphatic carbocycles. The molecule has 1 aromatic heterocycles. The molecule has 3 N–H and O–H groups in total. The molecule has 0 bridgehead atoms. The number of esters is 1. The fourth-order valence-electron chi connectivity index (χ4n) is 3.55. The van der Waals surface area contributed by atoms with Crippen LogP contribution >= 0.6 is 22.9 Å². The number of thiophene rings is 1. The number of ether oxygens (including phenoxy) is 1. The summed E-state index contributed by atoms with van der Waals surface area (Å²) in [7, 11) is 1.23. The molecule has 2 amide bonds. The van der Waals surface area contributed by atoms with E-state index < -0.39 is 11.9 Å². The highest BCUT2D eigenvalue weighted by molar-refractivity contribution is 7.18. The summed E-state index contributed by atoms with van der Waals surface area (Å²) in [5.74, 6) is -1.98. The number of methoxy groups -OCH3 is 1. The minimum absolute atomic E-state index is 0.134. The van der Waals surface area contributed by atoms with Crippen molar-refractivity contribution in [2.24, 2.45) is 5.73 Å². The zero-order valence-electron chi connectivity index (χ0n) is 17.7. The summed E-state index contributed by atoms with van der Waals surface area (Å²) in [5, 5.41) is 3.36. The van der Waals surface area contributed by atoms with Crippen LogP contribution < -0.4 is 11.1 Å². The van der Waals surface area contributed by atoms with E-state index in [9.17, 15) is 18.8 Å². The van der Waals surface area contributed by atoms with Gasteiger partial charge in [-0.05, 0) is 30.2 Å². The lowest BCUT2D eigenvalue weighted by atomic mass is 10.1. The molecule has 0 atom stereocenters. The van der Waals surface area contributed by atoms with Crippen molar-refractivity contribution in [2.45, 2.75) is 13.5 Å². The monoisotopic (exact) mass is 482 g/mol. The molecular formula is C21H24ClFN4O4S. The summed E-state index contributed by atoms with van der Waals surface area (Å²) < 4.78 is 18.0. The van der Waals surface area contributed by atoms with Crippen LogP contribution in [0.15, 0.2) is 18.2 Å². The van der Waals surface area contributed by atoms with Gasteiger partial charge in [0.2, 0.25) is 5.91 Å². The van der Waals surface area contributed by atoms with Crippen LogP contribution in [-0.4, -0.2) is 67.4 Å². The fraction of sp³-hybridized carbons (Fsp3) is 0.381. The number of hydrogen-bond donors (Lipinski definition) is 2. The molecule has 1 fully saturated rings. The van der Waals surface area contributed by atoms with Gasteiger partial charge in [0.15, 0.2) is 0 Å². The Morgan fingerprint density at radius 1 is 1.22 bits per heavy atom. The normalized spacial score (nSPS) is 14.9. The summed E-state index contributed by atoms with van der Waals surface area (Å²) in [6, 6.07) is 4.37. The maximum atomic E-state index is 13.2. The van der Waals surface area contributed by atoms with Crippen LogP contribution in [0.1, 0.15) is 31.2 Å². The molecule has 3 rings (SSSR count). The first-order chi connectivity index (χ1) is 15.2. The molecule has 0 saturated carbocycles. The fourth-order valence-corrected chi connectivity index (χ4v) is 4.84. The first-order valence-corrected chi connectivity index (χ1v) is 11.1. The number of hydrogen-bond acceptors (Lipinski definition) is 7. The molecule has 0 unspecified atom stereocenters. The summed E-state index contributed by atoms with van der Waals surface area (Å²) >= 11 is 7.07. The van der Waals surface area contributed by atoms with Gasteiger partial charge in [-0.2, -0.15) is 0 Å². The highest BCUT2D eigenvalue weighted by atomic mass is 35.5. The Hall–Kier alpha value is -2.53. The molecule has 2 aromatic rings. The lowest BCUT2D eigenvalue weighted by Gasteiger charge is -2.34. The SMILES string of the molecule is COC(=O)c1c(NC(=O)CN2CCN(Cc3ccc(F)cc3Cl)CC2)sc(C(N)=O)c1C. The summed E-state index contributed by atoms with van der Waals surface area (Å²) in [6.07, 6.45) is 0. The van der Waals surface area contributed by atoms with E-state index in [1.54, 1.807) is 13.0 Å². The zero-order valence-corrected chi connectivity index (χ0v) is 19.3. The number of benzene rings is 1. The van der Waals surface area contributed by atoms with Crippen LogP contribution in [0.2, 0.25) is 5.02 Å². The van der Waals surface area contributed by atoms with Gasteiger partial charge in [-0.25, -0.2) is 9.18 Å². The highest BCUT2D eigenvalue weighted by Crippen LogP contribution is 2.33. The van der Waals surface area contributed by atoms with Crippen LogP contribution in [-0.2, 0) is 16.1 Å². The third kappa shape index (κ3) is 5.63. The Labute approximate surface area is 194 Å². The Morgan fingerprint density at radius 2 is 1.88 bits per heavy atom. The molecular weight excluding hydrogens is 459 g/mol. The minimum Gasteiger partial charge on any atom is -0.465 e. The van der Waals surface area contributed by atoms with Gasteiger partial charge in [-0.1, -0.05) is 17.7 Å². The van der Waals surface area contributed by atoms with Gasteiger partial charge in [-0.3, -0.25) is 19.4 Å². The van der Waals surface area contributed by atoms with Gasteiger partial charge in [0.25, 0.3) is 5.91 Å². The number of primary amides is 1. The predicted molar refractivity (Wildman–Crippen MR) is 121 cm³/mol. The largest absolute Gasteiger partial charge is 0.465 e. The number of rotatable bonds is 7. The molecule has 1 aromatic carbocycles. The average molecular weight is 483 g/mol. The summed E-state index contributed by atoms with van der Waals surface area (Å²) in [5.41, 5.74) is 6.75. The molecule has 8 nitrogen and oxygen atoms in total. The number of carbonyl (C=O) groups excluding carboxylic acids is 3. The molecule has 2 heterocycles. The van der Waals surface area contributed by atoms with E-state index in [0.29, 0.717) is 30.2 Å². The van der Waals surface area contributed by atoms with Crippen molar-refractivity contribution in [1.82, 2.24) is 9.80 Å². The Kier molecular flexibility index (Phi) is 7.83. The third-order valence-electron chi connectivity index (χ3n) is 5.25. The number of piperazine rings is 1. The van der Waals surface area contributed by atoms with Crippen molar-refractivity contribution in [2.75, 3.05) is 45.2 Å². The Bertz CT molecular complexity index is 1040. The molecule has 1 aliphatic heterocycles.